The van der Waals surface area contributed by atoms with Gasteiger partial charge >= 0.3 is 0 Å². The van der Waals surface area contributed by atoms with Crippen LogP contribution in [-0.4, -0.2) is 20.2 Å². The van der Waals surface area contributed by atoms with Crippen LogP contribution in [0.1, 0.15) is 24.7 Å². The van der Waals surface area contributed by atoms with E-state index in [1.54, 1.807) is 11.8 Å². The van der Waals surface area contributed by atoms with Crippen LogP contribution in [0.4, 0.5) is 5.69 Å². The highest BCUT2D eigenvalue weighted by atomic mass is 35.5. The molecule has 0 unspecified atom stereocenters. The highest BCUT2D eigenvalue weighted by molar-refractivity contribution is 7.98. The fourth-order valence-electron chi connectivity index (χ4n) is 1.66. The second kappa shape index (κ2) is 4.78. The van der Waals surface area contributed by atoms with Crippen molar-refractivity contribution in [1.82, 2.24) is 20.2 Å². The van der Waals surface area contributed by atoms with Gasteiger partial charge in [-0.05, 0) is 41.5 Å². The molecule has 94 valence electrons. The van der Waals surface area contributed by atoms with Crippen LogP contribution in [-0.2, 0) is 5.75 Å². The number of hydrogen-bond donors (Lipinski definition) is 1. The Balaban J connectivity index is 1.69. The van der Waals surface area contributed by atoms with Crippen molar-refractivity contribution >= 4 is 29.1 Å². The summed E-state index contributed by atoms with van der Waals surface area (Å²) in [5.74, 6) is 1.65. The molecule has 2 aromatic rings. The fourth-order valence-corrected chi connectivity index (χ4v) is 2.75. The third kappa shape index (κ3) is 2.44. The zero-order chi connectivity index (χ0) is 12.5. The Bertz CT molecular complexity index is 566. The van der Waals surface area contributed by atoms with E-state index in [1.807, 2.05) is 22.9 Å². The molecule has 18 heavy (non-hydrogen) atoms. The summed E-state index contributed by atoms with van der Waals surface area (Å²) >= 11 is 7.64. The fraction of sp³-hybridized carbons (Fsp3) is 0.364. The van der Waals surface area contributed by atoms with Crippen molar-refractivity contribution in [2.45, 2.75) is 29.5 Å². The first-order chi connectivity index (χ1) is 8.74. The summed E-state index contributed by atoms with van der Waals surface area (Å²) in [6.07, 6.45) is 2.35. The summed E-state index contributed by atoms with van der Waals surface area (Å²) in [4.78, 5) is 1.07. The molecule has 1 aliphatic rings. The number of nitrogens with zero attached hydrogens (tertiary/aromatic N) is 4. The molecule has 1 aromatic heterocycles. The van der Waals surface area contributed by atoms with Crippen LogP contribution < -0.4 is 5.73 Å². The molecule has 2 N–H and O–H groups in total. The number of halogens is 1. The van der Waals surface area contributed by atoms with Gasteiger partial charge in [0.1, 0.15) is 0 Å². The molecule has 0 bridgehead atoms. The van der Waals surface area contributed by atoms with Gasteiger partial charge < -0.3 is 5.73 Å². The van der Waals surface area contributed by atoms with Gasteiger partial charge in [-0.15, -0.1) is 16.9 Å². The van der Waals surface area contributed by atoms with Gasteiger partial charge in [-0.3, -0.25) is 0 Å². The van der Waals surface area contributed by atoms with Crippen LogP contribution in [0.5, 0.6) is 0 Å². The second-order valence-corrected chi connectivity index (χ2v) is 5.70. The maximum absolute atomic E-state index is 5.98. The van der Waals surface area contributed by atoms with Crippen molar-refractivity contribution < 1.29 is 0 Å². The predicted molar refractivity (Wildman–Crippen MR) is 71.5 cm³/mol. The highest BCUT2D eigenvalue weighted by Crippen LogP contribution is 2.35. The maximum atomic E-state index is 5.98. The van der Waals surface area contributed by atoms with Crippen molar-refractivity contribution in [1.29, 1.82) is 0 Å². The molecule has 0 aliphatic heterocycles. The molecule has 0 spiro atoms. The topological polar surface area (TPSA) is 69.6 Å². The Morgan fingerprint density at radius 2 is 2.28 bits per heavy atom. The van der Waals surface area contributed by atoms with Crippen LogP contribution in [0, 0.1) is 0 Å². The first-order valence-electron chi connectivity index (χ1n) is 5.68. The molecule has 5 nitrogen and oxygen atoms in total. The van der Waals surface area contributed by atoms with E-state index in [0.29, 0.717) is 16.8 Å². The Morgan fingerprint density at radius 1 is 1.44 bits per heavy atom. The maximum Gasteiger partial charge on any atom is 0.161 e. The van der Waals surface area contributed by atoms with E-state index >= 15 is 0 Å². The molecular weight excluding hydrogens is 270 g/mol. The molecule has 3 rings (SSSR count). The van der Waals surface area contributed by atoms with Gasteiger partial charge in [-0.25, -0.2) is 4.68 Å². The monoisotopic (exact) mass is 281 g/mol. The lowest BCUT2D eigenvalue weighted by Gasteiger charge is -2.04. The largest absolute Gasteiger partial charge is 0.398 e. The lowest BCUT2D eigenvalue weighted by molar-refractivity contribution is 0.593. The van der Waals surface area contributed by atoms with Crippen molar-refractivity contribution in [2.24, 2.45) is 0 Å². The smallest absolute Gasteiger partial charge is 0.161 e. The summed E-state index contributed by atoms with van der Waals surface area (Å²) in [6.45, 7) is 0. The van der Waals surface area contributed by atoms with Crippen LogP contribution in [0.15, 0.2) is 23.1 Å². The molecule has 0 amide bonds. The number of nitrogens with two attached hydrogens (primary N) is 1. The standard InChI is InChI=1S/C11H12ClN5S/c12-9-5-8(3-4-10(9)13)18-6-11-14-15-16-17(11)7-1-2-7/h3-5,7H,1-2,6,13H2. The SMILES string of the molecule is Nc1ccc(SCc2nnnn2C2CC2)cc1Cl. The van der Waals surface area contributed by atoms with E-state index in [1.165, 1.54) is 12.8 Å². The molecule has 0 atom stereocenters. The van der Waals surface area contributed by atoms with Gasteiger partial charge in [-0.2, -0.15) is 0 Å². The van der Waals surface area contributed by atoms with Gasteiger partial charge in [-0.1, -0.05) is 11.6 Å². The third-order valence-corrected chi connectivity index (χ3v) is 4.11. The minimum atomic E-state index is 0.505. The summed E-state index contributed by atoms with van der Waals surface area (Å²) < 4.78 is 1.92. The molecule has 1 fully saturated rings. The Hall–Kier alpha value is -1.27. The predicted octanol–water partition coefficient (Wildman–Crippen LogP) is 2.54. The molecular formula is C11H12ClN5S. The average molecular weight is 282 g/mol. The van der Waals surface area contributed by atoms with E-state index in [4.69, 9.17) is 17.3 Å². The van der Waals surface area contributed by atoms with Crippen LogP contribution in [0.25, 0.3) is 0 Å². The van der Waals surface area contributed by atoms with Crippen molar-refractivity contribution in [3.05, 3.63) is 29.0 Å². The number of thioether (sulfide) groups is 1. The molecule has 0 saturated heterocycles. The van der Waals surface area contributed by atoms with Gasteiger partial charge in [0.05, 0.1) is 22.5 Å². The summed E-state index contributed by atoms with van der Waals surface area (Å²) in [5.41, 5.74) is 6.27. The average Bonchev–Trinajstić information content (AvgIpc) is 3.10. The number of rotatable bonds is 4. The first kappa shape index (κ1) is 11.8. The number of benzene rings is 1. The lowest BCUT2D eigenvalue weighted by atomic mass is 10.3. The number of tetrazole rings is 1. The van der Waals surface area contributed by atoms with Crippen LogP contribution in [0.2, 0.25) is 5.02 Å². The van der Waals surface area contributed by atoms with Gasteiger partial charge in [0.15, 0.2) is 5.82 Å². The van der Waals surface area contributed by atoms with E-state index in [0.717, 1.165) is 16.5 Å². The van der Waals surface area contributed by atoms with Crippen molar-refractivity contribution in [3.8, 4) is 0 Å². The highest BCUT2D eigenvalue weighted by Gasteiger charge is 2.27. The van der Waals surface area contributed by atoms with Crippen LogP contribution >= 0.6 is 23.4 Å². The van der Waals surface area contributed by atoms with Gasteiger partial charge in [0.25, 0.3) is 0 Å². The quantitative estimate of drug-likeness (QED) is 0.689. The molecule has 0 radical (unpaired) electrons. The molecule has 1 saturated carbocycles. The van der Waals surface area contributed by atoms with E-state index in [2.05, 4.69) is 15.5 Å². The second-order valence-electron chi connectivity index (χ2n) is 4.24. The summed E-state index contributed by atoms with van der Waals surface area (Å²) in [6, 6.07) is 6.14. The zero-order valence-corrected chi connectivity index (χ0v) is 11.2. The van der Waals surface area contributed by atoms with Crippen LogP contribution in [0.3, 0.4) is 0 Å². The number of nitrogen functional groups attached to an aromatic ring is 1. The molecule has 1 aliphatic carbocycles. The molecule has 7 heteroatoms. The minimum absolute atomic E-state index is 0.505. The van der Waals surface area contributed by atoms with E-state index in [9.17, 15) is 0 Å². The first-order valence-corrected chi connectivity index (χ1v) is 7.05. The lowest BCUT2D eigenvalue weighted by Crippen LogP contribution is -2.02. The summed E-state index contributed by atoms with van der Waals surface area (Å²) in [7, 11) is 0. The minimum Gasteiger partial charge on any atom is -0.398 e. The number of hydrogen-bond acceptors (Lipinski definition) is 5. The van der Waals surface area contributed by atoms with E-state index in [-0.39, 0.29) is 0 Å². The zero-order valence-electron chi connectivity index (χ0n) is 9.58. The molecule has 1 heterocycles. The van der Waals surface area contributed by atoms with Crippen molar-refractivity contribution in [3.63, 3.8) is 0 Å². The third-order valence-electron chi connectivity index (χ3n) is 2.79. The van der Waals surface area contributed by atoms with E-state index < -0.39 is 0 Å². The number of aromatic nitrogens is 4. The summed E-state index contributed by atoms with van der Waals surface area (Å²) in [5, 5.41) is 12.4. The van der Waals surface area contributed by atoms with Gasteiger partial charge in [0, 0.05) is 4.90 Å². The Morgan fingerprint density at radius 3 is 3.00 bits per heavy atom. The Labute approximate surface area is 114 Å². The number of anilines is 1. The van der Waals surface area contributed by atoms with Crippen molar-refractivity contribution in [2.75, 3.05) is 5.73 Å². The normalized spacial score (nSPS) is 14.9. The molecule has 1 aromatic carbocycles. The Kier molecular flexibility index (Phi) is 3.13. The van der Waals surface area contributed by atoms with Gasteiger partial charge in [0.2, 0.25) is 0 Å².